The van der Waals surface area contributed by atoms with Gasteiger partial charge in [-0.05, 0) is 31.7 Å². The van der Waals surface area contributed by atoms with Crippen molar-refractivity contribution in [3.05, 3.63) is 29.6 Å². The number of halogens is 1. The number of hydrogen-bond donors (Lipinski definition) is 1. The summed E-state index contributed by atoms with van der Waals surface area (Å²) in [6, 6.07) is 4.28. The van der Waals surface area contributed by atoms with E-state index in [4.69, 9.17) is 9.47 Å². The van der Waals surface area contributed by atoms with Crippen LogP contribution in [0.2, 0.25) is 0 Å². The molecular weight excluding hydrogens is 249 g/mol. The number of rotatable bonds is 5. The average molecular weight is 267 g/mol. The summed E-state index contributed by atoms with van der Waals surface area (Å²) in [5.74, 6) is -0.147. The Labute approximate surface area is 111 Å². The molecule has 0 saturated carbocycles. The first-order chi connectivity index (χ1) is 9.11. The summed E-state index contributed by atoms with van der Waals surface area (Å²) in [4.78, 5) is 11.4. The van der Waals surface area contributed by atoms with Gasteiger partial charge in [-0.15, -0.1) is 0 Å². The highest BCUT2D eigenvalue weighted by molar-refractivity contribution is 5.76. The minimum Gasteiger partial charge on any atom is -0.478 e. The Hall–Kier alpha value is -1.62. The molecule has 1 saturated heterocycles. The quantitative estimate of drug-likeness (QED) is 0.831. The first-order valence-electron chi connectivity index (χ1n) is 6.48. The van der Waals surface area contributed by atoms with Crippen LogP contribution in [0.5, 0.6) is 5.75 Å². The molecule has 1 fully saturated rings. The van der Waals surface area contributed by atoms with Gasteiger partial charge in [0.15, 0.2) is 6.10 Å². The van der Waals surface area contributed by atoms with Gasteiger partial charge in [0.25, 0.3) is 0 Å². The van der Waals surface area contributed by atoms with Crippen LogP contribution in [-0.2, 0) is 9.53 Å². The first-order valence-corrected chi connectivity index (χ1v) is 6.48. The molecule has 0 radical (unpaired) electrons. The van der Waals surface area contributed by atoms with Crippen LogP contribution < -0.4 is 10.1 Å². The number of carbonyl (C=O) groups is 1. The second kappa shape index (κ2) is 6.02. The molecule has 1 heterocycles. The van der Waals surface area contributed by atoms with Gasteiger partial charge in [0.05, 0.1) is 6.61 Å². The number of ether oxygens (including phenoxy) is 2. The fraction of sp³-hybridized carbons (Fsp3) is 0.500. The Kier molecular flexibility index (Phi) is 4.37. The third kappa shape index (κ3) is 3.23. The molecule has 2 atom stereocenters. The van der Waals surface area contributed by atoms with Gasteiger partial charge < -0.3 is 14.8 Å². The molecule has 104 valence electrons. The molecule has 2 unspecified atom stereocenters. The molecule has 1 aliphatic rings. The normalized spacial score (nSPS) is 20.2. The van der Waals surface area contributed by atoms with E-state index >= 15 is 0 Å². The van der Waals surface area contributed by atoms with Crippen molar-refractivity contribution in [2.24, 2.45) is 0 Å². The molecule has 0 bridgehead atoms. The molecule has 1 aromatic carbocycles. The molecule has 5 heteroatoms. The second-order valence-corrected chi connectivity index (χ2v) is 4.52. The van der Waals surface area contributed by atoms with E-state index in [1.165, 1.54) is 12.1 Å². The van der Waals surface area contributed by atoms with E-state index < -0.39 is 6.10 Å². The molecule has 0 aromatic heterocycles. The van der Waals surface area contributed by atoms with Crippen LogP contribution in [0.15, 0.2) is 18.2 Å². The van der Waals surface area contributed by atoms with Crippen molar-refractivity contribution in [2.45, 2.75) is 32.4 Å². The lowest BCUT2D eigenvalue weighted by Gasteiger charge is -2.19. The number of hydrogen-bond acceptors (Lipinski definition) is 4. The lowest BCUT2D eigenvalue weighted by atomic mass is 10.1. The van der Waals surface area contributed by atoms with E-state index in [9.17, 15) is 9.18 Å². The van der Waals surface area contributed by atoms with Gasteiger partial charge >= 0.3 is 5.97 Å². The number of carbonyl (C=O) groups excluding carboxylic acids is 1. The minimum absolute atomic E-state index is 0.0480. The lowest BCUT2D eigenvalue weighted by Crippen LogP contribution is -2.24. The highest BCUT2D eigenvalue weighted by Crippen LogP contribution is 2.28. The number of nitrogens with one attached hydrogen (secondary N) is 1. The van der Waals surface area contributed by atoms with Crippen LogP contribution in [-0.4, -0.2) is 25.2 Å². The van der Waals surface area contributed by atoms with Crippen molar-refractivity contribution < 1.29 is 18.7 Å². The molecule has 0 aliphatic carbocycles. The fourth-order valence-electron chi connectivity index (χ4n) is 2.12. The van der Waals surface area contributed by atoms with Gasteiger partial charge in [0.2, 0.25) is 0 Å². The molecule has 1 N–H and O–H groups in total. The standard InChI is InChI=1S/C14H18FNO3/c1-3-16-9(2)11-8-10(15)4-5-12(11)19-13-6-7-18-14(13)17/h4-5,8-9,13,16H,3,6-7H2,1-2H3. The van der Waals surface area contributed by atoms with E-state index in [1.807, 2.05) is 13.8 Å². The number of esters is 1. The highest BCUT2D eigenvalue weighted by atomic mass is 19.1. The van der Waals surface area contributed by atoms with E-state index in [0.717, 1.165) is 6.54 Å². The molecule has 1 aliphatic heterocycles. The maximum atomic E-state index is 13.4. The Balaban J connectivity index is 2.21. The Morgan fingerprint density at radius 3 is 3.00 bits per heavy atom. The summed E-state index contributed by atoms with van der Waals surface area (Å²) in [6.45, 7) is 5.05. The smallest absolute Gasteiger partial charge is 0.347 e. The predicted octanol–water partition coefficient (Wildman–Crippen LogP) is 2.19. The van der Waals surface area contributed by atoms with Crippen molar-refractivity contribution >= 4 is 5.97 Å². The molecule has 1 aromatic rings. The van der Waals surface area contributed by atoms with Crippen LogP contribution in [0.25, 0.3) is 0 Å². The Morgan fingerprint density at radius 2 is 2.37 bits per heavy atom. The van der Waals surface area contributed by atoms with Gasteiger partial charge in [0, 0.05) is 18.0 Å². The molecule has 4 nitrogen and oxygen atoms in total. The summed E-state index contributed by atoms with van der Waals surface area (Å²) >= 11 is 0. The van der Waals surface area contributed by atoms with Crippen LogP contribution >= 0.6 is 0 Å². The van der Waals surface area contributed by atoms with E-state index in [1.54, 1.807) is 6.07 Å². The minimum atomic E-state index is -0.585. The number of cyclic esters (lactones) is 1. The van der Waals surface area contributed by atoms with Gasteiger partial charge in [-0.3, -0.25) is 0 Å². The fourth-order valence-corrected chi connectivity index (χ4v) is 2.12. The molecule has 0 amide bonds. The zero-order valence-electron chi connectivity index (χ0n) is 11.1. The van der Waals surface area contributed by atoms with E-state index in [-0.39, 0.29) is 17.8 Å². The summed E-state index contributed by atoms with van der Waals surface area (Å²) in [6.07, 6.45) is -0.0522. The zero-order chi connectivity index (χ0) is 13.8. The topological polar surface area (TPSA) is 47.6 Å². The Morgan fingerprint density at radius 1 is 1.58 bits per heavy atom. The van der Waals surface area contributed by atoms with Crippen LogP contribution in [0.1, 0.15) is 31.9 Å². The van der Waals surface area contributed by atoms with E-state index in [0.29, 0.717) is 24.3 Å². The second-order valence-electron chi connectivity index (χ2n) is 4.52. The van der Waals surface area contributed by atoms with Crippen molar-refractivity contribution in [3.63, 3.8) is 0 Å². The monoisotopic (exact) mass is 267 g/mol. The summed E-state index contributed by atoms with van der Waals surface area (Å²) in [5, 5.41) is 3.20. The van der Waals surface area contributed by atoms with Gasteiger partial charge in [-0.25, -0.2) is 9.18 Å². The molecule has 2 rings (SSSR count). The number of benzene rings is 1. The molecule has 0 spiro atoms. The maximum absolute atomic E-state index is 13.4. The summed E-state index contributed by atoms with van der Waals surface area (Å²) < 4.78 is 23.9. The van der Waals surface area contributed by atoms with Gasteiger partial charge in [0.1, 0.15) is 11.6 Å². The first kappa shape index (κ1) is 13.8. The molecular formula is C14H18FNO3. The molecule has 19 heavy (non-hydrogen) atoms. The zero-order valence-corrected chi connectivity index (χ0v) is 11.1. The largest absolute Gasteiger partial charge is 0.478 e. The van der Waals surface area contributed by atoms with Crippen LogP contribution in [0.4, 0.5) is 4.39 Å². The lowest BCUT2D eigenvalue weighted by molar-refractivity contribution is -0.143. The van der Waals surface area contributed by atoms with Gasteiger partial charge in [-0.1, -0.05) is 6.92 Å². The SMILES string of the molecule is CCNC(C)c1cc(F)ccc1OC1CCOC1=O. The average Bonchev–Trinajstić information content (AvgIpc) is 2.77. The third-order valence-electron chi connectivity index (χ3n) is 3.11. The summed E-state index contributed by atoms with van der Waals surface area (Å²) in [5.41, 5.74) is 0.710. The van der Waals surface area contributed by atoms with E-state index in [2.05, 4.69) is 5.32 Å². The highest BCUT2D eigenvalue weighted by Gasteiger charge is 2.29. The van der Waals surface area contributed by atoms with Gasteiger partial charge in [-0.2, -0.15) is 0 Å². The van der Waals surface area contributed by atoms with Crippen LogP contribution in [0.3, 0.4) is 0 Å². The van der Waals surface area contributed by atoms with Crippen molar-refractivity contribution in [1.82, 2.24) is 5.32 Å². The van der Waals surface area contributed by atoms with Crippen LogP contribution in [0, 0.1) is 5.82 Å². The maximum Gasteiger partial charge on any atom is 0.347 e. The third-order valence-corrected chi connectivity index (χ3v) is 3.11. The van der Waals surface area contributed by atoms with Crippen molar-refractivity contribution in [1.29, 1.82) is 0 Å². The predicted molar refractivity (Wildman–Crippen MR) is 68.5 cm³/mol. The Bertz CT molecular complexity index is 464. The van der Waals surface area contributed by atoms with Crippen molar-refractivity contribution in [2.75, 3.05) is 13.2 Å². The summed E-state index contributed by atoms with van der Waals surface area (Å²) in [7, 11) is 0. The van der Waals surface area contributed by atoms with Crippen molar-refractivity contribution in [3.8, 4) is 5.75 Å².